The Morgan fingerprint density at radius 2 is 1.89 bits per heavy atom. The Bertz CT molecular complexity index is 1160. The molecule has 6 nitrogen and oxygen atoms in total. The number of methoxy groups -OCH3 is 1. The minimum Gasteiger partial charge on any atom is -0.469 e. The van der Waals surface area contributed by atoms with E-state index in [-0.39, 0.29) is 32.5 Å². The highest BCUT2D eigenvalue weighted by Crippen LogP contribution is 2.31. The second-order valence-electron chi connectivity index (χ2n) is 5.95. The molecule has 0 aliphatic rings. The smallest absolute Gasteiger partial charge is 0.305 e. The van der Waals surface area contributed by atoms with E-state index >= 15 is 0 Å². The maximum absolute atomic E-state index is 13.4. The van der Waals surface area contributed by atoms with Gasteiger partial charge in [-0.25, -0.2) is 17.4 Å². The molecular formula is C18H15Cl3N2O4S. The lowest BCUT2D eigenvalue weighted by atomic mass is 10.2. The Labute approximate surface area is 177 Å². The van der Waals surface area contributed by atoms with Crippen molar-refractivity contribution < 1.29 is 17.9 Å². The lowest BCUT2D eigenvalue weighted by molar-refractivity contribution is -0.140. The van der Waals surface area contributed by atoms with Gasteiger partial charge in [0.05, 0.1) is 23.2 Å². The van der Waals surface area contributed by atoms with Gasteiger partial charge in [0.15, 0.2) is 0 Å². The molecule has 3 aromatic rings. The van der Waals surface area contributed by atoms with Gasteiger partial charge in [-0.3, -0.25) is 4.79 Å². The molecule has 0 saturated carbocycles. The number of carbonyl (C=O) groups excluding carboxylic acids is 1. The molecule has 1 aromatic carbocycles. The van der Waals surface area contributed by atoms with Gasteiger partial charge in [-0.2, -0.15) is 0 Å². The van der Waals surface area contributed by atoms with Gasteiger partial charge in [-0.05, 0) is 49.2 Å². The second kappa shape index (κ2) is 8.29. The monoisotopic (exact) mass is 460 g/mol. The molecule has 10 heteroatoms. The molecule has 0 fully saturated rings. The number of pyridine rings is 1. The van der Waals surface area contributed by atoms with E-state index in [1.54, 1.807) is 12.1 Å². The van der Waals surface area contributed by atoms with E-state index in [2.05, 4.69) is 9.72 Å². The highest BCUT2D eigenvalue weighted by molar-refractivity contribution is 7.90. The summed E-state index contributed by atoms with van der Waals surface area (Å²) >= 11 is 18.1. The van der Waals surface area contributed by atoms with Crippen molar-refractivity contribution in [1.29, 1.82) is 0 Å². The van der Waals surface area contributed by atoms with Crippen LogP contribution in [0.2, 0.25) is 15.2 Å². The number of halogens is 3. The summed E-state index contributed by atoms with van der Waals surface area (Å²) in [7, 11) is -2.77. The molecule has 3 rings (SSSR count). The van der Waals surface area contributed by atoms with Crippen LogP contribution in [0, 0.1) is 0 Å². The van der Waals surface area contributed by atoms with Gasteiger partial charge in [0.2, 0.25) is 0 Å². The summed E-state index contributed by atoms with van der Waals surface area (Å²) in [6.45, 7) is 0. The fourth-order valence-electron chi connectivity index (χ4n) is 2.84. The fourth-order valence-corrected chi connectivity index (χ4v) is 5.29. The van der Waals surface area contributed by atoms with Crippen molar-refractivity contribution in [2.24, 2.45) is 0 Å². The molecule has 28 heavy (non-hydrogen) atoms. The van der Waals surface area contributed by atoms with Crippen LogP contribution in [0.3, 0.4) is 0 Å². The summed E-state index contributed by atoms with van der Waals surface area (Å²) in [6.07, 6.45) is 0.861. The number of aromatic nitrogens is 2. The zero-order valence-electron chi connectivity index (χ0n) is 14.7. The van der Waals surface area contributed by atoms with Crippen LogP contribution >= 0.6 is 34.8 Å². The first-order valence-electron chi connectivity index (χ1n) is 8.18. The first-order valence-corrected chi connectivity index (χ1v) is 10.8. The largest absolute Gasteiger partial charge is 0.469 e. The molecule has 0 spiro atoms. The van der Waals surface area contributed by atoms with Crippen molar-refractivity contribution in [3.05, 3.63) is 57.3 Å². The van der Waals surface area contributed by atoms with Crippen LogP contribution in [0.4, 0.5) is 0 Å². The van der Waals surface area contributed by atoms with Crippen LogP contribution < -0.4 is 0 Å². The maximum Gasteiger partial charge on any atom is 0.305 e. The summed E-state index contributed by atoms with van der Waals surface area (Å²) in [5, 5.41) is 0.533. The molecule has 2 aromatic heterocycles. The molecule has 0 unspecified atom stereocenters. The van der Waals surface area contributed by atoms with Gasteiger partial charge in [-0.1, -0.05) is 34.8 Å². The van der Waals surface area contributed by atoms with Gasteiger partial charge >= 0.3 is 5.97 Å². The van der Waals surface area contributed by atoms with Gasteiger partial charge < -0.3 is 4.74 Å². The Hall–Kier alpha value is -1.80. The fraction of sp³-hybridized carbons (Fsp3) is 0.222. The zero-order chi connectivity index (χ0) is 20.5. The number of hydrogen-bond acceptors (Lipinski definition) is 5. The third-order valence-electron chi connectivity index (χ3n) is 4.10. The molecule has 2 heterocycles. The van der Waals surface area contributed by atoms with E-state index in [4.69, 9.17) is 34.8 Å². The molecule has 0 N–H and O–H groups in total. The molecule has 0 atom stereocenters. The summed E-state index contributed by atoms with van der Waals surface area (Å²) in [4.78, 5) is 15.5. The number of rotatable bonds is 6. The van der Waals surface area contributed by atoms with Crippen molar-refractivity contribution in [2.45, 2.75) is 24.2 Å². The summed E-state index contributed by atoms with van der Waals surface area (Å²) < 4.78 is 32.6. The molecule has 148 valence electrons. The van der Waals surface area contributed by atoms with Crippen LogP contribution in [0.15, 0.2) is 41.3 Å². The molecule has 0 radical (unpaired) electrons. The quantitative estimate of drug-likeness (QED) is 0.392. The zero-order valence-corrected chi connectivity index (χ0v) is 17.7. The predicted octanol–water partition coefficient (Wildman–Crippen LogP) is 4.73. The summed E-state index contributed by atoms with van der Waals surface area (Å²) in [6, 6.07) is 8.95. The van der Waals surface area contributed by atoms with Crippen LogP contribution in [0.5, 0.6) is 0 Å². The number of ether oxygens (including phenoxy) is 1. The Balaban J connectivity index is 2.15. The third kappa shape index (κ3) is 4.12. The average Bonchev–Trinajstić information content (AvgIpc) is 3.01. The predicted molar refractivity (Wildman–Crippen MR) is 109 cm³/mol. The van der Waals surface area contributed by atoms with Crippen LogP contribution in [0.1, 0.15) is 18.5 Å². The van der Waals surface area contributed by atoms with Crippen LogP contribution in [-0.2, 0) is 26.0 Å². The van der Waals surface area contributed by atoms with E-state index in [0.717, 1.165) is 0 Å². The Morgan fingerprint density at radius 1 is 1.14 bits per heavy atom. The number of nitrogens with zero attached hydrogens (tertiary/aromatic N) is 2. The van der Waals surface area contributed by atoms with Crippen molar-refractivity contribution in [1.82, 2.24) is 8.96 Å². The van der Waals surface area contributed by atoms with Gasteiger partial charge in [0, 0.05) is 17.1 Å². The third-order valence-corrected chi connectivity index (χ3v) is 6.80. The van der Waals surface area contributed by atoms with Gasteiger partial charge in [0.1, 0.15) is 10.0 Å². The molecule has 0 bridgehead atoms. The summed E-state index contributed by atoms with van der Waals surface area (Å²) in [5.74, 6) is -0.371. The van der Waals surface area contributed by atoms with Gasteiger partial charge in [0.25, 0.3) is 10.0 Å². The minimum atomic E-state index is -4.07. The number of carbonyl (C=O) groups is 1. The first-order chi connectivity index (χ1) is 13.2. The molecule has 0 aliphatic carbocycles. The van der Waals surface area contributed by atoms with Crippen molar-refractivity contribution >= 4 is 61.8 Å². The molecular weight excluding hydrogens is 447 g/mol. The van der Waals surface area contributed by atoms with Crippen LogP contribution in [-0.4, -0.2) is 30.5 Å². The van der Waals surface area contributed by atoms with E-state index in [1.807, 2.05) is 0 Å². The minimum absolute atomic E-state index is 0.0497. The normalized spacial score (nSPS) is 11.7. The molecule has 0 amide bonds. The van der Waals surface area contributed by atoms with Gasteiger partial charge in [-0.15, -0.1) is 0 Å². The maximum atomic E-state index is 13.4. The van der Waals surface area contributed by atoms with E-state index in [9.17, 15) is 13.2 Å². The molecule has 0 saturated heterocycles. The lowest BCUT2D eigenvalue weighted by Crippen LogP contribution is -2.16. The van der Waals surface area contributed by atoms with E-state index < -0.39 is 10.0 Å². The highest BCUT2D eigenvalue weighted by atomic mass is 35.5. The van der Waals surface area contributed by atoms with E-state index in [1.165, 1.54) is 35.3 Å². The standard InChI is InChI=1S/C18H15Cl3N2O4S/c1-27-18(24)4-2-3-12-10-14-15(7-8-17(21)22-14)23(12)28(25,26)16-9-11(19)5-6-13(16)20/h5-10H,2-4H2,1H3. The Morgan fingerprint density at radius 3 is 2.61 bits per heavy atom. The van der Waals surface area contributed by atoms with Crippen molar-refractivity contribution in [2.75, 3.05) is 7.11 Å². The highest BCUT2D eigenvalue weighted by Gasteiger charge is 2.26. The topological polar surface area (TPSA) is 78.3 Å². The second-order valence-corrected chi connectivity index (χ2v) is 8.93. The van der Waals surface area contributed by atoms with Crippen molar-refractivity contribution in [3.63, 3.8) is 0 Å². The number of hydrogen-bond donors (Lipinski definition) is 0. The van der Waals surface area contributed by atoms with Crippen molar-refractivity contribution in [3.8, 4) is 0 Å². The first kappa shape index (κ1) is 20.9. The number of benzene rings is 1. The average molecular weight is 462 g/mol. The number of aryl methyl sites for hydroxylation is 1. The number of esters is 1. The SMILES string of the molecule is COC(=O)CCCc1cc2nc(Cl)ccc2n1S(=O)(=O)c1cc(Cl)ccc1Cl. The number of fused-ring (bicyclic) bond motifs is 1. The summed E-state index contributed by atoms with van der Waals surface area (Å²) in [5.41, 5.74) is 1.22. The lowest BCUT2D eigenvalue weighted by Gasteiger charge is -2.13. The van der Waals surface area contributed by atoms with Crippen LogP contribution in [0.25, 0.3) is 11.0 Å². The van der Waals surface area contributed by atoms with E-state index in [0.29, 0.717) is 29.6 Å². The molecule has 0 aliphatic heterocycles. The Kier molecular flexibility index (Phi) is 6.19.